The summed E-state index contributed by atoms with van der Waals surface area (Å²) in [6, 6.07) is -0.801. The van der Waals surface area contributed by atoms with E-state index in [1.54, 1.807) is 6.08 Å². The molecule has 56 heavy (non-hydrogen) atoms. The highest BCUT2D eigenvalue weighted by molar-refractivity contribution is 5.76. The number of amides is 1. The number of hydrogen-bond donors (Lipinski definition) is 6. The standard InChI is InChI=1S/C47H89NO8/c1-3-5-7-9-11-13-15-17-18-19-20-21-22-23-24-25-27-29-31-33-35-37-43(51)48-40(39-55-47-46(54)45(53)44(52)42(38-49)56-47)41(50)36-34-32-30-28-26-16-14-12-10-8-6-4-2/h17-18,34,36,40-42,44-47,49-50,52-54H,3-16,19-33,35,37-39H2,1-2H3,(H,48,51). The molecule has 6 N–H and O–H groups in total. The summed E-state index contributed by atoms with van der Waals surface area (Å²) < 4.78 is 11.2. The van der Waals surface area contributed by atoms with Crippen LogP contribution in [0.1, 0.15) is 213 Å². The van der Waals surface area contributed by atoms with Crippen LogP contribution in [0.3, 0.4) is 0 Å². The minimum atomic E-state index is -1.56. The van der Waals surface area contributed by atoms with Gasteiger partial charge in [-0.15, -0.1) is 0 Å². The van der Waals surface area contributed by atoms with E-state index in [9.17, 15) is 30.3 Å². The molecular formula is C47H89NO8. The van der Waals surface area contributed by atoms with Crippen molar-refractivity contribution in [3.63, 3.8) is 0 Å². The molecule has 0 bridgehead atoms. The maximum atomic E-state index is 13.0. The van der Waals surface area contributed by atoms with E-state index in [2.05, 4.69) is 31.3 Å². The molecule has 0 aromatic heterocycles. The predicted octanol–water partition coefficient (Wildman–Crippen LogP) is 9.89. The van der Waals surface area contributed by atoms with Crippen molar-refractivity contribution in [2.45, 2.75) is 256 Å². The fraction of sp³-hybridized carbons (Fsp3) is 0.894. The summed E-state index contributed by atoms with van der Waals surface area (Å²) in [7, 11) is 0. The molecule has 0 spiro atoms. The molecule has 0 radical (unpaired) electrons. The number of unbranched alkanes of at least 4 members (excludes halogenated alkanes) is 27. The Balaban J connectivity index is 2.29. The molecular weight excluding hydrogens is 707 g/mol. The smallest absolute Gasteiger partial charge is 0.220 e. The number of hydrogen-bond acceptors (Lipinski definition) is 8. The minimum Gasteiger partial charge on any atom is -0.394 e. The molecule has 330 valence electrons. The van der Waals surface area contributed by atoms with Crippen LogP contribution in [0, 0.1) is 0 Å². The first-order chi connectivity index (χ1) is 27.3. The molecule has 1 heterocycles. The Morgan fingerprint density at radius 3 is 1.45 bits per heavy atom. The average Bonchev–Trinajstić information content (AvgIpc) is 3.20. The Morgan fingerprint density at radius 1 is 0.589 bits per heavy atom. The fourth-order valence-corrected chi connectivity index (χ4v) is 7.44. The quantitative estimate of drug-likeness (QED) is 0.0266. The van der Waals surface area contributed by atoms with Crippen LogP contribution >= 0.6 is 0 Å². The van der Waals surface area contributed by atoms with E-state index >= 15 is 0 Å². The van der Waals surface area contributed by atoms with Gasteiger partial charge in [-0.1, -0.05) is 186 Å². The molecule has 9 heteroatoms. The molecule has 7 atom stereocenters. The van der Waals surface area contributed by atoms with E-state index in [1.165, 1.54) is 154 Å². The number of allylic oxidation sites excluding steroid dienone is 3. The molecule has 1 fully saturated rings. The molecule has 0 saturated carbocycles. The summed E-state index contributed by atoms with van der Waals surface area (Å²) in [6.07, 6.45) is 37.9. The summed E-state index contributed by atoms with van der Waals surface area (Å²) in [5.74, 6) is -0.178. The van der Waals surface area contributed by atoms with Gasteiger partial charge in [-0.3, -0.25) is 4.79 Å². The van der Waals surface area contributed by atoms with Crippen molar-refractivity contribution >= 4 is 5.91 Å². The van der Waals surface area contributed by atoms with Gasteiger partial charge in [0, 0.05) is 6.42 Å². The third kappa shape index (κ3) is 28.2. The zero-order chi connectivity index (χ0) is 40.9. The fourth-order valence-electron chi connectivity index (χ4n) is 7.44. The number of aliphatic hydroxyl groups excluding tert-OH is 5. The summed E-state index contributed by atoms with van der Waals surface area (Å²) >= 11 is 0. The van der Waals surface area contributed by atoms with Crippen molar-refractivity contribution in [3.05, 3.63) is 24.3 Å². The first kappa shape index (κ1) is 52.7. The molecule has 1 saturated heterocycles. The number of aliphatic hydroxyl groups is 5. The summed E-state index contributed by atoms with van der Waals surface area (Å²) in [5, 5.41) is 54.1. The van der Waals surface area contributed by atoms with Gasteiger partial charge >= 0.3 is 0 Å². The lowest BCUT2D eigenvalue weighted by Gasteiger charge is -2.40. The van der Waals surface area contributed by atoms with Crippen molar-refractivity contribution in [3.8, 4) is 0 Å². The van der Waals surface area contributed by atoms with E-state index in [1.807, 2.05) is 6.08 Å². The van der Waals surface area contributed by atoms with Crippen molar-refractivity contribution in [1.82, 2.24) is 5.32 Å². The highest BCUT2D eigenvalue weighted by Gasteiger charge is 2.44. The van der Waals surface area contributed by atoms with Gasteiger partial charge in [0.1, 0.15) is 24.4 Å². The van der Waals surface area contributed by atoms with Crippen molar-refractivity contribution in [1.29, 1.82) is 0 Å². The Morgan fingerprint density at radius 2 is 1.00 bits per heavy atom. The Bertz CT molecular complexity index is 930. The Labute approximate surface area is 343 Å². The topological polar surface area (TPSA) is 149 Å². The highest BCUT2D eigenvalue weighted by atomic mass is 16.7. The third-order valence-electron chi connectivity index (χ3n) is 11.3. The Hall–Kier alpha value is -1.33. The van der Waals surface area contributed by atoms with Crippen LogP contribution in [0.5, 0.6) is 0 Å². The van der Waals surface area contributed by atoms with Crippen molar-refractivity contribution in [2.75, 3.05) is 13.2 Å². The first-order valence-electron chi connectivity index (χ1n) is 23.6. The summed E-state index contributed by atoms with van der Waals surface area (Å²) in [6.45, 7) is 3.76. The van der Waals surface area contributed by atoms with Gasteiger partial charge in [0.25, 0.3) is 0 Å². The average molecular weight is 796 g/mol. The predicted molar refractivity (Wildman–Crippen MR) is 230 cm³/mol. The van der Waals surface area contributed by atoms with Crippen LogP contribution in [0.4, 0.5) is 0 Å². The molecule has 9 nitrogen and oxygen atoms in total. The zero-order valence-electron chi connectivity index (χ0n) is 36.1. The highest BCUT2D eigenvalue weighted by Crippen LogP contribution is 2.23. The summed E-state index contributed by atoms with van der Waals surface area (Å²) in [4.78, 5) is 13.0. The number of ether oxygens (including phenoxy) is 2. The van der Waals surface area contributed by atoms with Gasteiger partial charge in [-0.05, 0) is 44.9 Å². The first-order valence-corrected chi connectivity index (χ1v) is 23.6. The van der Waals surface area contributed by atoms with Crippen LogP contribution in [0.25, 0.3) is 0 Å². The second-order valence-corrected chi connectivity index (χ2v) is 16.5. The maximum absolute atomic E-state index is 13.0. The largest absolute Gasteiger partial charge is 0.394 e. The Kier molecular flexibility index (Phi) is 35.7. The van der Waals surface area contributed by atoms with E-state index in [0.717, 1.165) is 38.5 Å². The van der Waals surface area contributed by atoms with Crippen molar-refractivity contribution in [2.24, 2.45) is 0 Å². The normalized spacial score (nSPS) is 21.3. The van der Waals surface area contributed by atoms with Crippen LogP contribution in [-0.4, -0.2) is 87.5 Å². The molecule has 0 aliphatic carbocycles. The number of carbonyl (C=O) groups excluding carboxylic acids is 1. The minimum absolute atomic E-state index is 0.178. The SMILES string of the molecule is CCCCCCCCC=CCCCCCCCCCCCCCC(=O)NC(COC1OC(CO)C(O)C(O)C1O)C(O)C=CCCCCCCCCCCCC. The molecule has 0 aromatic rings. The number of rotatable bonds is 39. The van der Waals surface area contributed by atoms with Crippen LogP contribution in [0.15, 0.2) is 24.3 Å². The molecule has 1 aliphatic heterocycles. The molecule has 1 rings (SSSR count). The second kappa shape index (κ2) is 37.9. The monoisotopic (exact) mass is 796 g/mol. The van der Waals surface area contributed by atoms with Crippen LogP contribution in [-0.2, 0) is 14.3 Å². The lowest BCUT2D eigenvalue weighted by molar-refractivity contribution is -0.302. The lowest BCUT2D eigenvalue weighted by atomic mass is 9.99. The van der Waals surface area contributed by atoms with Gasteiger partial charge in [0.05, 0.1) is 25.4 Å². The van der Waals surface area contributed by atoms with E-state index < -0.39 is 49.5 Å². The molecule has 7 unspecified atom stereocenters. The van der Waals surface area contributed by atoms with Crippen LogP contribution < -0.4 is 5.32 Å². The van der Waals surface area contributed by atoms with Gasteiger partial charge in [-0.2, -0.15) is 0 Å². The van der Waals surface area contributed by atoms with E-state index in [4.69, 9.17) is 9.47 Å². The molecule has 1 aliphatic rings. The molecule has 1 amide bonds. The van der Waals surface area contributed by atoms with E-state index in [0.29, 0.717) is 6.42 Å². The van der Waals surface area contributed by atoms with Gasteiger partial charge in [0.15, 0.2) is 6.29 Å². The number of carbonyl (C=O) groups is 1. The maximum Gasteiger partial charge on any atom is 0.220 e. The van der Waals surface area contributed by atoms with Crippen molar-refractivity contribution < 1.29 is 39.8 Å². The summed E-state index contributed by atoms with van der Waals surface area (Å²) in [5.41, 5.74) is 0. The van der Waals surface area contributed by atoms with Gasteiger partial charge < -0.3 is 40.3 Å². The third-order valence-corrected chi connectivity index (χ3v) is 11.3. The van der Waals surface area contributed by atoms with Crippen LogP contribution in [0.2, 0.25) is 0 Å². The zero-order valence-corrected chi connectivity index (χ0v) is 36.1. The second-order valence-electron chi connectivity index (χ2n) is 16.5. The molecule has 0 aromatic carbocycles. The lowest BCUT2D eigenvalue weighted by Crippen LogP contribution is -2.60. The van der Waals surface area contributed by atoms with Gasteiger partial charge in [0.2, 0.25) is 5.91 Å². The van der Waals surface area contributed by atoms with Gasteiger partial charge in [-0.25, -0.2) is 0 Å². The number of nitrogens with one attached hydrogen (secondary N) is 1. The van der Waals surface area contributed by atoms with E-state index in [-0.39, 0.29) is 12.5 Å².